The van der Waals surface area contributed by atoms with E-state index >= 15 is 0 Å². The van der Waals surface area contributed by atoms with Crippen LogP contribution in [0.15, 0.2) is 36.4 Å². The molecular weight excluding hydrogens is 764 g/mol. The fraction of sp³-hybridized carbons (Fsp3) is 0.684. The fourth-order valence-electron chi connectivity index (χ4n) is 10.8. The van der Waals surface area contributed by atoms with Crippen LogP contribution in [-0.2, 0) is 32.5 Å². The van der Waals surface area contributed by atoms with Crippen LogP contribution in [0.5, 0.6) is 17.2 Å². The first-order valence-corrected chi connectivity index (χ1v) is 24.3. The molecule has 0 atom stereocenters. The van der Waals surface area contributed by atoms with Gasteiger partial charge in [0.1, 0.15) is 17.2 Å². The third kappa shape index (κ3) is 14.2. The molecular formula is C57H93O3P. The lowest BCUT2D eigenvalue weighted by Crippen LogP contribution is -2.28. The summed E-state index contributed by atoms with van der Waals surface area (Å²) in [4.78, 5) is 0. The predicted octanol–water partition coefficient (Wildman–Crippen LogP) is 18.4. The van der Waals surface area contributed by atoms with Crippen molar-refractivity contribution in [3.63, 3.8) is 0 Å². The molecule has 3 aromatic carbocycles. The molecule has 3 rings (SSSR count). The van der Waals surface area contributed by atoms with Gasteiger partial charge in [-0.2, -0.15) is 0 Å². The highest BCUT2D eigenvalue weighted by Crippen LogP contribution is 2.54. The van der Waals surface area contributed by atoms with Crippen molar-refractivity contribution >= 4 is 8.60 Å². The summed E-state index contributed by atoms with van der Waals surface area (Å²) in [6.07, 6.45) is 2.96. The van der Waals surface area contributed by atoms with E-state index in [0.717, 1.165) is 36.5 Å². The number of benzene rings is 3. The Kier molecular flexibility index (Phi) is 15.1. The molecule has 0 amide bonds. The molecule has 0 saturated carbocycles. The Morgan fingerprint density at radius 2 is 0.508 bits per heavy atom. The van der Waals surface area contributed by atoms with Gasteiger partial charge in [0.15, 0.2) is 0 Å². The molecule has 0 unspecified atom stereocenters. The van der Waals surface area contributed by atoms with Gasteiger partial charge < -0.3 is 13.6 Å². The fourth-order valence-corrected chi connectivity index (χ4v) is 11.9. The number of hydrogen-bond acceptors (Lipinski definition) is 3. The topological polar surface area (TPSA) is 27.7 Å². The monoisotopic (exact) mass is 857 g/mol. The highest BCUT2D eigenvalue weighted by Gasteiger charge is 2.39. The maximum Gasteiger partial charge on any atom is 0.530 e. The molecule has 0 bridgehead atoms. The highest BCUT2D eigenvalue weighted by atomic mass is 31.2. The Morgan fingerprint density at radius 1 is 0.311 bits per heavy atom. The SMILES string of the molecule is Cc1cc(OP(Oc2cc(C)c(C(C)(C)C)cc2C(C)(C)CC(C)(C)C)Oc2cc(C)c(C(C)(C)C)cc2C(C)(C)CC(C)(C)C)c(C(C)(C)CC(C)(C)C)cc1C(C)(C)C. The van der Waals surface area contributed by atoms with Gasteiger partial charge in [0.25, 0.3) is 0 Å². The summed E-state index contributed by atoms with van der Waals surface area (Å²) in [5.74, 6) is 2.51. The molecule has 0 heterocycles. The van der Waals surface area contributed by atoms with Crippen LogP contribution in [0.2, 0.25) is 0 Å². The van der Waals surface area contributed by atoms with E-state index in [0.29, 0.717) is 0 Å². The van der Waals surface area contributed by atoms with E-state index in [1.54, 1.807) is 0 Å². The zero-order valence-corrected chi connectivity index (χ0v) is 45.7. The molecule has 0 N–H and O–H groups in total. The lowest BCUT2D eigenvalue weighted by molar-refractivity contribution is 0.275. The Balaban J connectivity index is 2.52. The predicted molar refractivity (Wildman–Crippen MR) is 270 cm³/mol. The maximum absolute atomic E-state index is 7.44. The summed E-state index contributed by atoms with van der Waals surface area (Å²) in [6, 6.07) is 14.1. The molecule has 344 valence electrons. The van der Waals surface area contributed by atoms with E-state index in [1.807, 2.05) is 0 Å². The second-order valence-corrected chi connectivity index (χ2v) is 28.6. The Hall–Kier alpha value is -2.51. The van der Waals surface area contributed by atoms with E-state index in [4.69, 9.17) is 13.6 Å². The van der Waals surface area contributed by atoms with Crippen LogP contribution in [0.4, 0.5) is 0 Å². The zero-order valence-electron chi connectivity index (χ0n) is 44.8. The van der Waals surface area contributed by atoms with Gasteiger partial charge in [-0.1, -0.05) is 184 Å². The molecule has 3 aromatic rings. The number of hydrogen-bond donors (Lipinski definition) is 0. The molecule has 3 nitrogen and oxygen atoms in total. The summed E-state index contributed by atoms with van der Waals surface area (Å²) in [5, 5.41) is 0. The van der Waals surface area contributed by atoms with Gasteiger partial charge in [-0.05, 0) is 140 Å². The molecule has 0 aromatic heterocycles. The molecule has 0 fully saturated rings. The standard InChI is InChI=1S/C57H93O3P/c1-37-28-46(43(31-40(37)52(13,14)15)55(22,23)34-49(4,5)6)58-61(59-47-29-38(2)41(53(16,17)18)32-44(47)56(24,25)35-50(7,8)9)60-48-30-39(3)42(54(19,20)21)33-45(48)57(26,27)36-51(10,11)12/h28-33H,34-36H2,1-27H3. The smallest absolute Gasteiger partial charge is 0.408 e. The van der Waals surface area contributed by atoms with Gasteiger partial charge in [-0.3, -0.25) is 0 Å². The molecule has 0 radical (unpaired) electrons. The van der Waals surface area contributed by atoms with Gasteiger partial charge in [-0.15, -0.1) is 0 Å². The van der Waals surface area contributed by atoms with Crippen LogP contribution in [0.1, 0.15) is 236 Å². The summed E-state index contributed by atoms with van der Waals surface area (Å²) >= 11 is 0. The molecule has 61 heavy (non-hydrogen) atoms. The molecule has 0 aliphatic heterocycles. The average molecular weight is 857 g/mol. The highest BCUT2D eigenvalue weighted by molar-refractivity contribution is 7.43. The minimum Gasteiger partial charge on any atom is -0.408 e. The quantitative estimate of drug-likeness (QED) is 0.170. The Bertz CT molecular complexity index is 1770. The van der Waals surface area contributed by atoms with Crippen LogP contribution >= 0.6 is 8.60 Å². The van der Waals surface area contributed by atoms with Gasteiger partial charge in [0.2, 0.25) is 0 Å². The molecule has 0 aliphatic rings. The lowest BCUT2D eigenvalue weighted by Gasteiger charge is -2.37. The van der Waals surface area contributed by atoms with Crippen molar-refractivity contribution in [2.24, 2.45) is 16.2 Å². The number of aryl methyl sites for hydroxylation is 3. The minimum atomic E-state index is -2.03. The van der Waals surface area contributed by atoms with Crippen LogP contribution in [0.3, 0.4) is 0 Å². The van der Waals surface area contributed by atoms with Crippen molar-refractivity contribution in [1.29, 1.82) is 0 Å². The second-order valence-electron chi connectivity index (χ2n) is 27.6. The van der Waals surface area contributed by atoms with Crippen molar-refractivity contribution in [1.82, 2.24) is 0 Å². The number of rotatable bonds is 12. The van der Waals surface area contributed by atoms with E-state index in [9.17, 15) is 0 Å². The van der Waals surface area contributed by atoms with Gasteiger partial charge in [0, 0.05) is 16.7 Å². The summed E-state index contributed by atoms with van der Waals surface area (Å²) in [6.45, 7) is 62.7. The molecule has 0 saturated heterocycles. The van der Waals surface area contributed by atoms with Gasteiger partial charge in [-0.25, -0.2) is 0 Å². The first-order chi connectivity index (χ1) is 26.9. The van der Waals surface area contributed by atoms with Crippen molar-refractivity contribution in [2.45, 2.75) is 239 Å². The van der Waals surface area contributed by atoms with Crippen molar-refractivity contribution < 1.29 is 13.6 Å². The summed E-state index contributed by atoms with van der Waals surface area (Å²) < 4.78 is 22.3. The van der Waals surface area contributed by atoms with Crippen molar-refractivity contribution in [2.75, 3.05) is 0 Å². The zero-order chi connectivity index (χ0) is 47.5. The second kappa shape index (κ2) is 17.5. The third-order valence-electron chi connectivity index (χ3n) is 12.0. The maximum atomic E-state index is 7.44. The van der Waals surface area contributed by atoms with Crippen LogP contribution in [0, 0.1) is 37.0 Å². The van der Waals surface area contributed by atoms with E-state index in [-0.39, 0.29) is 48.7 Å². The van der Waals surface area contributed by atoms with Gasteiger partial charge in [0.05, 0.1) is 0 Å². The Labute approximate surface area is 379 Å². The summed E-state index contributed by atoms with van der Waals surface area (Å²) in [5.41, 5.74) is 10.8. The summed E-state index contributed by atoms with van der Waals surface area (Å²) in [7, 11) is -2.03. The van der Waals surface area contributed by atoms with E-state index in [2.05, 4.69) is 223 Å². The van der Waals surface area contributed by atoms with Crippen molar-refractivity contribution in [3.05, 3.63) is 86.5 Å². The largest absolute Gasteiger partial charge is 0.530 e. The van der Waals surface area contributed by atoms with E-state index < -0.39 is 8.60 Å². The Morgan fingerprint density at radius 3 is 0.672 bits per heavy atom. The van der Waals surface area contributed by atoms with Crippen molar-refractivity contribution in [3.8, 4) is 17.2 Å². The normalized spacial score (nSPS) is 14.2. The molecule has 0 aliphatic carbocycles. The van der Waals surface area contributed by atoms with E-state index in [1.165, 1.54) is 50.1 Å². The van der Waals surface area contributed by atoms with Crippen LogP contribution < -0.4 is 13.6 Å². The third-order valence-corrected chi connectivity index (χ3v) is 13.1. The average Bonchev–Trinajstić information content (AvgIpc) is 2.95. The lowest BCUT2D eigenvalue weighted by atomic mass is 9.70. The minimum absolute atomic E-state index is 0.0351. The van der Waals surface area contributed by atoms with Crippen LogP contribution in [0.25, 0.3) is 0 Å². The molecule has 4 heteroatoms. The first-order valence-electron chi connectivity index (χ1n) is 23.2. The van der Waals surface area contributed by atoms with Gasteiger partial charge >= 0.3 is 8.60 Å². The van der Waals surface area contributed by atoms with Crippen LogP contribution in [-0.4, -0.2) is 0 Å². The molecule has 0 spiro atoms. The first kappa shape index (κ1) is 52.8.